The van der Waals surface area contributed by atoms with Gasteiger partial charge in [-0.2, -0.15) is 0 Å². The molecule has 2 nitrogen and oxygen atoms in total. The van der Waals surface area contributed by atoms with E-state index in [1.165, 1.54) is 31.7 Å². The first-order valence-corrected chi connectivity index (χ1v) is 6.86. The SMILES string of the molecule is CN(CC1CCCC1)C(CN)c1cccc(F)c1. The van der Waals surface area contributed by atoms with Crippen molar-refractivity contribution < 1.29 is 4.39 Å². The molecule has 1 aliphatic carbocycles. The minimum atomic E-state index is -0.180. The van der Waals surface area contributed by atoms with E-state index in [0.29, 0.717) is 6.54 Å². The standard InChI is InChI=1S/C15H23FN2/c1-18(11-12-5-2-3-6-12)15(10-17)13-7-4-8-14(16)9-13/h4,7-9,12,15H,2-3,5-6,10-11,17H2,1H3. The lowest BCUT2D eigenvalue weighted by molar-refractivity contribution is 0.212. The van der Waals surface area contributed by atoms with Gasteiger partial charge in [0.2, 0.25) is 0 Å². The fourth-order valence-corrected chi connectivity index (χ4v) is 3.01. The van der Waals surface area contributed by atoms with Crippen LogP contribution in [-0.2, 0) is 0 Å². The van der Waals surface area contributed by atoms with E-state index in [9.17, 15) is 4.39 Å². The van der Waals surface area contributed by atoms with Crippen LogP contribution < -0.4 is 5.73 Å². The van der Waals surface area contributed by atoms with Gasteiger partial charge in [0.15, 0.2) is 0 Å². The normalized spacial score (nSPS) is 18.4. The average molecular weight is 250 g/mol. The lowest BCUT2D eigenvalue weighted by Crippen LogP contribution is -2.33. The van der Waals surface area contributed by atoms with E-state index in [4.69, 9.17) is 5.73 Å². The van der Waals surface area contributed by atoms with E-state index >= 15 is 0 Å². The van der Waals surface area contributed by atoms with Crippen molar-refractivity contribution in [2.45, 2.75) is 31.7 Å². The first-order valence-electron chi connectivity index (χ1n) is 6.86. The summed E-state index contributed by atoms with van der Waals surface area (Å²) < 4.78 is 13.3. The van der Waals surface area contributed by atoms with Crippen molar-refractivity contribution in [3.05, 3.63) is 35.6 Å². The predicted octanol–water partition coefficient (Wildman–Crippen LogP) is 2.95. The lowest BCUT2D eigenvalue weighted by atomic mass is 10.0. The molecular weight excluding hydrogens is 227 g/mol. The molecule has 0 amide bonds. The van der Waals surface area contributed by atoms with Crippen molar-refractivity contribution in [1.29, 1.82) is 0 Å². The molecule has 1 aromatic carbocycles. The Morgan fingerprint density at radius 2 is 2.11 bits per heavy atom. The van der Waals surface area contributed by atoms with Crippen LogP contribution in [0.5, 0.6) is 0 Å². The number of nitrogens with two attached hydrogens (primary N) is 1. The molecule has 0 spiro atoms. The lowest BCUT2D eigenvalue weighted by Gasteiger charge is -2.29. The maximum absolute atomic E-state index is 13.3. The van der Waals surface area contributed by atoms with Gasteiger partial charge in [0, 0.05) is 19.1 Å². The van der Waals surface area contributed by atoms with E-state index in [2.05, 4.69) is 11.9 Å². The Labute approximate surface area is 109 Å². The highest BCUT2D eigenvalue weighted by Crippen LogP contribution is 2.28. The maximum Gasteiger partial charge on any atom is 0.123 e. The monoisotopic (exact) mass is 250 g/mol. The second-order valence-electron chi connectivity index (χ2n) is 5.40. The molecule has 100 valence electrons. The molecular formula is C15H23FN2. The summed E-state index contributed by atoms with van der Waals surface area (Å²) in [5.74, 6) is 0.609. The van der Waals surface area contributed by atoms with Crippen LogP contribution in [-0.4, -0.2) is 25.0 Å². The number of hydrogen-bond donors (Lipinski definition) is 1. The summed E-state index contributed by atoms with van der Waals surface area (Å²) in [6.45, 7) is 1.60. The molecule has 1 aliphatic rings. The Bertz CT molecular complexity index is 375. The van der Waals surface area contributed by atoms with E-state index in [1.54, 1.807) is 12.1 Å². The van der Waals surface area contributed by atoms with Crippen LogP contribution >= 0.6 is 0 Å². The first kappa shape index (κ1) is 13.5. The molecule has 1 unspecified atom stereocenters. The molecule has 2 rings (SSSR count). The van der Waals surface area contributed by atoms with Gasteiger partial charge in [0.1, 0.15) is 5.82 Å². The van der Waals surface area contributed by atoms with Gasteiger partial charge in [-0.05, 0) is 43.5 Å². The minimum Gasteiger partial charge on any atom is -0.329 e. The van der Waals surface area contributed by atoms with Crippen molar-refractivity contribution in [2.24, 2.45) is 11.7 Å². The smallest absolute Gasteiger partial charge is 0.123 e. The molecule has 0 radical (unpaired) electrons. The molecule has 18 heavy (non-hydrogen) atoms. The third-order valence-electron chi connectivity index (χ3n) is 4.01. The molecule has 1 saturated carbocycles. The Morgan fingerprint density at radius 1 is 1.39 bits per heavy atom. The fraction of sp³-hybridized carbons (Fsp3) is 0.600. The van der Waals surface area contributed by atoms with Crippen LogP contribution in [0.4, 0.5) is 4.39 Å². The Morgan fingerprint density at radius 3 is 2.72 bits per heavy atom. The quantitative estimate of drug-likeness (QED) is 0.870. The second-order valence-corrected chi connectivity index (χ2v) is 5.40. The van der Waals surface area contributed by atoms with Crippen LogP contribution in [0.2, 0.25) is 0 Å². The molecule has 0 bridgehead atoms. The summed E-state index contributed by atoms with van der Waals surface area (Å²) in [6, 6.07) is 6.93. The summed E-state index contributed by atoms with van der Waals surface area (Å²) >= 11 is 0. The van der Waals surface area contributed by atoms with Crippen LogP contribution in [0, 0.1) is 11.7 Å². The van der Waals surface area contributed by atoms with Crippen LogP contribution in [0.1, 0.15) is 37.3 Å². The van der Waals surface area contributed by atoms with Crippen molar-refractivity contribution in [3.63, 3.8) is 0 Å². The highest BCUT2D eigenvalue weighted by atomic mass is 19.1. The summed E-state index contributed by atoms with van der Waals surface area (Å²) in [5.41, 5.74) is 6.85. The van der Waals surface area contributed by atoms with E-state index < -0.39 is 0 Å². The molecule has 2 N–H and O–H groups in total. The topological polar surface area (TPSA) is 29.3 Å². The Hall–Kier alpha value is -0.930. The summed E-state index contributed by atoms with van der Waals surface area (Å²) in [5, 5.41) is 0. The molecule has 0 aliphatic heterocycles. The number of rotatable bonds is 5. The third-order valence-corrected chi connectivity index (χ3v) is 4.01. The van der Waals surface area contributed by atoms with Gasteiger partial charge in [-0.25, -0.2) is 4.39 Å². The molecule has 1 fully saturated rings. The number of benzene rings is 1. The zero-order valence-electron chi connectivity index (χ0n) is 11.1. The zero-order valence-corrected chi connectivity index (χ0v) is 11.1. The van der Waals surface area contributed by atoms with Gasteiger partial charge in [-0.15, -0.1) is 0 Å². The van der Waals surface area contributed by atoms with E-state index in [-0.39, 0.29) is 11.9 Å². The first-order chi connectivity index (χ1) is 8.70. The van der Waals surface area contributed by atoms with Crippen molar-refractivity contribution in [1.82, 2.24) is 4.90 Å². The summed E-state index contributed by atoms with van der Waals surface area (Å²) in [4.78, 5) is 2.28. The predicted molar refractivity (Wildman–Crippen MR) is 72.8 cm³/mol. The van der Waals surface area contributed by atoms with E-state index in [0.717, 1.165) is 18.0 Å². The highest BCUT2D eigenvalue weighted by Gasteiger charge is 2.21. The molecule has 0 saturated heterocycles. The Balaban J connectivity index is 2.02. The highest BCUT2D eigenvalue weighted by molar-refractivity contribution is 5.20. The van der Waals surface area contributed by atoms with Gasteiger partial charge < -0.3 is 5.73 Å². The Kier molecular flexibility index (Phi) is 4.72. The summed E-state index contributed by atoms with van der Waals surface area (Å²) in [6.07, 6.45) is 5.35. The second kappa shape index (κ2) is 6.30. The van der Waals surface area contributed by atoms with E-state index in [1.807, 2.05) is 6.07 Å². The zero-order chi connectivity index (χ0) is 13.0. The fourth-order valence-electron chi connectivity index (χ4n) is 3.01. The third kappa shape index (κ3) is 3.30. The van der Waals surface area contributed by atoms with Crippen molar-refractivity contribution in [3.8, 4) is 0 Å². The van der Waals surface area contributed by atoms with Gasteiger partial charge in [-0.3, -0.25) is 4.90 Å². The van der Waals surface area contributed by atoms with Crippen LogP contribution in [0.3, 0.4) is 0 Å². The number of likely N-dealkylation sites (N-methyl/N-ethyl adjacent to an activating group) is 1. The largest absolute Gasteiger partial charge is 0.329 e. The minimum absolute atomic E-state index is 0.126. The number of nitrogens with zero attached hydrogens (tertiary/aromatic N) is 1. The molecule has 0 heterocycles. The van der Waals surface area contributed by atoms with Gasteiger partial charge in [0.05, 0.1) is 0 Å². The van der Waals surface area contributed by atoms with Crippen LogP contribution in [0.25, 0.3) is 0 Å². The average Bonchev–Trinajstić information content (AvgIpc) is 2.83. The molecule has 3 heteroatoms. The molecule has 0 aromatic heterocycles. The molecule has 1 atom stereocenters. The number of hydrogen-bond acceptors (Lipinski definition) is 2. The summed E-state index contributed by atoms with van der Waals surface area (Å²) in [7, 11) is 2.10. The molecule has 1 aromatic rings. The van der Waals surface area contributed by atoms with Crippen LogP contribution in [0.15, 0.2) is 24.3 Å². The van der Waals surface area contributed by atoms with Crippen molar-refractivity contribution in [2.75, 3.05) is 20.1 Å². The van der Waals surface area contributed by atoms with Gasteiger partial charge in [-0.1, -0.05) is 25.0 Å². The number of halogens is 1. The maximum atomic E-state index is 13.3. The van der Waals surface area contributed by atoms with Gasteiger partial charge in [0.25, 0.3) is 0 Å². The van der Waals surface area contributed by atoms with Gasteiger partial charge >= 0.3 is 0 Å². The van der Waals surface area contributed by atoms with Crippen molar-refractivity contribution >= 4 is 0 Å².